The highest BCUT2D eigenvalue weighted by Gasteiger charge is 2.56. The first kappa shape index (κ1) is 19.4. The van der Waals surface area contributed by atoms with Crippen LogP contribution in [0.5, 0.6) is 0 Å². The predicted molar refractivity (Wildman–Crippen MR) is 84.9 cm³/mol. The van der Waals surface area contributed by atoms with E-state index in [1.165, 1.54) is 4.90 Å². The van der Waals surface area contributed by atoms with Crippen molar-refractivity contribution in [2.24, 2.45) is 5.41 Å². The largest absolute Gasteiger partial charge is 0.444 e. The second-order valence-corrected chi connectivity index (χ2v) is 8.33. The van der Waals surface area contributed by atoms with E-state index < -0.39 is 28.6 Å². The molecule has 2 N–H and O–H groups in total. The highest BCUT2D eigenvalue weighted by molar-refractivity contribution is 5.68. The summed E-state index contributed by atoms with van der Waals surface area (Å²) in [7, 11) is 0. The van der Waals surface area contributed by atoms with Crippen LogP contribution in [0.2, 0.25) is 0 Å². The molecular weight excluding hydrogens is 320 g/mol. The zero-order valence-electron chi connectivity index (χ0n) is 14.8. The van der Waals surface area contributed by atoms with Crippen molar-refractivity contribution in [2.75, 3.05) is 19.7 Å². The van der Waals surface area contributed by atoms with E-state index in [2.05, 4.69) is 0 Å². The Labute approximate surface area is 142 Å². The smallest absolute Gasteiger partial charge is 0.410 e. The molecule has 2 rings (SSSR count). The Hall–Kier alpha value is -0.950. The topological polar surface area (TPSA) is 70.0 Å². The molecule has 1 aliphatic carbocycles. The fourth-order valence-corrected chi connectivity index (χ4v) is 3.82. The minimum atomic E-state index is -2.74. The first-order valence-corrected chi connectivity index (χ1v) is 8.61. The molecule has 0 spiro atoms. The number of piperidine rings is 1. The van der Waals surface area contributed by atoms with Gasteiger partial charge in [0.1, 0.15) is 5.60 Å². The number of aliphatic hydroxyl groups excluding tert-OH is 1. The summed E-state index contributed by atoms with van der Waals surface area (Å²) in [6.07, 6.45) is -0.170. The van der Waals surface area contributed by atoms with Crippen LogP contribution in [0, 0.1) is 5.41 Å². The monoisotopic (exact) mass is 349 g/mol. The van der Waals surface area contributed by atoms with Crippen molar-refractivity contribution in [3.05, 3.63) is 0 Å². The summed E-state index contributed by atoms with van der Waals surface area (Å²) >= 11 is 0. The average Bonchev–Trinajstić information content (AvgIpc) is 2.46. The number of β-amino-alcohol motifs (C(OH)–C–C–N with tert-alkyl or cyclic N) is 1. The van der Waals surface area contributed by atoms with Crippen LogP contribution in [-0.2, 0) is 4.74 Å². The second-order valence-electron chi connectivity index (χ2n) is 8.33. The van der Waals surface area contributed by atoms with Gasteiger partial charge in [0.25, 0.3) is 0 Å². The van der Waals surface area contributed by atoms with Gasteiger partial charge in [-0.15, -0.1) is 0 Å². The van der Waals surface area contributed by atoms with E-state index in [1.807, 2.05) is 0 Å². The highest BCUT2D eigenvalue weighted by Crippen LogP contribution is 2.51. The molecule has 2 fully saturated rings. The molecule has 2 aliphatic rings. The molecule has 1 amide bonds. The summed E-state index contributed by atoms with van der Waals surface area (Å²) in [4.78, 5) is 13.7. The van der Waals surface area contributed by atoms with Crippen molar-refractivity contribution in [3.8, 4) is 0 Å². The van der Waals surface area contributed by atoms with E-state index in [9.17, 15) is 23.8 Å². The molecule has 140 valence electrons. The number of amides is 1. The van der Waals surface area contributed by atoms with Gasteiger partial charge in [-0.3, -0.25) is 0 Å². The van der Waals surface area contributed by atoms with Crippen LogP contribution >= 0.6 is 0 Å². The number of hydrogen-bond donors (Lipinski definition) is 2. The fourth-order valence-electron chi connectivity index (χ4n) is 3.82. The fraction of sp³-hybridized carbons (Fsp3) is 0.941. The van der Waals surface area contributed by atoms with E-state index in [4.69, 9.17) is 4.74 Å². The third-order valence-corrected chi connectivity index (χ3v) is 5.35. The SMILES string of the molecule is CC(C)(C)OC(=O)N1CCCC(O)(C2(CO)CCC(F)(F)CC2)C1. The first-order chi connectivity index (χ1) is 10.9. The molecule has 7 heteroatoms. The number of halogens is 2. The third-order valence-electron chi connectivity index (χ3n) is 5.35. The molecule has 0 aromatic heterocycles. The lowest BCUT2D eigenvalue weighted by Gasteiger charge is -2.53. The minimum Gasteiger partial charge on any atom is -0.444 e. The number of carbonyl (C=O) groups is 1. The van der Waals surface area contributed by atoms with Gasteiger partial charge in [0.05, 0.1) is 18.8 Å². The summed E-state index contributed by atoms with van der Waals surface area (Å²) in [5.74, 6) is -2.74. The zero-order chi connectivity index (χ0) is 18.2. The highest BCUT2D eigenvalue weighted by atomic mass is 19.3. The molecule has 0 bridgehead atoms. The molecule has 5 nitrogen and oxygen atoms in total. The van der Waals surface area contributed by atoms with Crippen molar-refractivity contribution in [1.29, 1.82) is 0 Å². The lowest BCUT2D eigenvalue weighted by Crippen LogP contribution is -2.62. The van der Waals surface area contributed by atoms with E-state index in [-0.39, 0.29) is 38.8 Å². The summed E-state index contributed by atoms with van der Waals surface area (Å²) in [6.45, 7) is 5.39. The third kappa shape index (κ3) is 3.99. The molecule has 0 aromatic rings. The quantitative estimate of drug-likeness (QED) is 0.804. The molecular formula is C17H29F2NO4. The number of alkyl halides is 2. The number of likely N-dealkylation sites (tertiary alicyclic amines) is 1. The van der Waals surface area contributed by atoms with Crippen LogP contribution in [0.3, 0.4) is 0 Å². The van der Waals surface area contributed by atoms with Crippen LogP contribution in [0.15, 0.2) is 0 Å². The number of hydrogen-bond acceptors (Lipinski definition) is 4. The Morgan fingerprint density at radius 1 is 1.17 bits per heavy atom. The van der Waals surface area contributed by atoms with Gasteiger partial charge in [0.15, 0.2) is 0 Å². The minimum absolute atomic E-state index is 0.00798. The molecule has 1 unspecified atom stereocenters. The van der Waals surface area contributed by atoms with Gasteiger partial charge >= 0.3 is 6.09 Å². The summed E-state index contributed by atoms with van der Waals surface area (Å²) in [6, 6.07) is 0. The van der Waals surface area contributed by atoms with Gasteiger partial charge in [-0.1, -0.05) is 0 Å². The van der Waals surface area contributed by atoms with Gasteiger partial charge in [0.2, 0.25) is 5.92 Å². The Balaban J connectivity index is 2.14. The number of rotatable bonds is 2. The Morgan fingerprint density at radius 2 is 1.75 bits per heavy atom. The maximum absolute atomic E-state index is 13.5. The van der Waals surface area contributed by atoms with Crippen molar-refractivity contribution in [2.45, 2.75) is 76.4 Å². The zero-order valence-corrected chi connectivity index (χ0v) is 14.8. The van der Waals surface area contributed by atoms with E-state index >= 15 is 0 Å². The van der Waals surface area contributed by atoms with E-state index in [0.29, 0.717) is 19.4 Å². The van der Waals surface area contributed by atoms with Gasteiger partial charge in [-0.05, 0) is 46.5 Å². The average molecular weight is 349 g/mol. The standard InChI is InChI=1S/C17H29F2NO4/c1-14(2,3)24-13(22)20-10-4-5-16(23,11-20)15(12-21)6-8-17(18,19)9-7-15/h21,23H,4-12H2,1-3H3. The molecule has 1 saturated carbocycles. The van der Waals surface area contributed by atoms with Crippen LogP contribution in [-0.4, -0.2) is 58.0 Å². The normalized spacial score (nSPS) is 30.0. The van der Waals surface area contributed by atoms with E-state index in [0.717, 1.165) is 0 Å². The molecule has 0 radical (unpaired) electrons. The maximum Gasteiger partial charge on any atom is 0.410 e. The van der Waals surface area contributed by atoms with Gasteiger partial charge < -0.3 is 19.8 Å². The number of aliphatic hydroxyl groups is 2. The number of nitrogens with zero attached hydrogens (tertiary/aromatic N) is 1. The summed E-state index contributed by atoms with van der Waals surface area (Å²) < 4.78 is 32.4. The predicted octanol–water partition coefficient (Wildman–Crippen LogP) is 2.94. The van der Waals surface area contributed by atoms with Crippen molar-refractivity contribution in [1.82, 2.24) is 4.90 Å². The van der Waals surface area contributed by atoms with Crippen molar-refractivity contribution < 1.29 is 28.5 Å². The molecule has 1 aliphatic heterocycles. The number of ether oxygens (including phenoxy) is 1. The van der Waals surface area contributed by atoms with Crippen molar-refractivity contribution >= 4 is 6.09 Å². The summed E-state index contributed by atoms with van der Waals surface area (Å²) in [5.41, 5.74) is -3.00. The summed E-state index contributed by atoms with van der Waals surface area (Å²) in [5, 5.41) is 21.1. The lowest BCUT2D eigenvalue weighted by molar-refractivity contribution is -0.183. The van der Waals surface area contributed by atoms with Crippen LogP contribution < -0.4 is 0 Å². The molecule has 1 heterocycles. The molecule has 1 saturated heterocycles. The second kappa shape index (κ2) is 6.41. The first-order valence-electron chi connectivity index (χ1n) is 8.61. The Kier molecular flexibility index (Phi) is 5.17. The van der Waals surface area contributed by atoms with E-state index in [1.54, 1.807) is 20.8 Å². The Bertz CT molecular complexity index is 468. The van der Waals surface area contributed by atoms with Crippen LogP contribution in [0.1, 0.15) is 59.3 Å². The lowest BCUT2D eigenvalue weighted by atomic mass is 9.60. The maximum atomic E-state index is 13.5. The Morgan fingerprint density at radius 3 is 2.25 bits per heavy atom. The molecule has 0 aromatic carbocycles. The van der Waals surface area contributed by atoms with Gasteiger partial charge in [-0.25, -0.2) is 13.6 Å². The molecule has 1 atom stereocenters. The van der Waals surface area contributed by atoms with Crippen molar-refractivity contribution in [3.63, 3.8) is 0 Å². The number of carbonyl (C=O) groups excluding carboxylic acids is 1. The molecule has 24 heavy (non-hydrogen) atoms. The van der Waals surface area contributed by atoms with Crippen LogP contribution in [0.4, 0.5) is 13.6 Å². The van der Waals surface area contributed by atoms with Gasteiger partial charge in [-0.2, -0.15) is 0 Å². The van der Waals surface area contributed by atoms with Crippen LogP contribution in [0.25, 0.3) is 0 Å². The van der Waals surface area contributed by atoms with Gasteiger partial charge in [0, 0.05) is 24.8 Å².